The number of hydrogen-bond acceptors (Lipinski definition) is 1. The number of hydrogen-bond donors (Lipinski definition) is 1. The minimum atomic E-state index is -0.891. The monoisotopic (exact) mass is 122 g/mol. The summed E-state index contributed by atoms with van der Waals surface area (Å²) in [4.78, 5) is 9.51. The van der Waals surface area contributed by atoms with Crippen molar-refractivity contribution < 1.29 is 9.90 Å². The molecule has 0 aliphatic rings. The minimum absolute atomic E-state index is 0. The van der Waals surface area contributed by atoms with Crippen LogP contribution < -0.4 is 0 Å². The highest BCUT2D eigenvalue weighted by molar-refractivity contribution is 5.85. The largest absolute Gasteiger partial charge is 0.478 e. The Bertz CT molecular complexity index is 77.8. The van der Waals surface area contributed by atoms with Crippen LogP contribution in [0.2, 0.25) is 0 Å². The summed E-state index contributed by atoms with van der Waals surface area (Å²) < 4.78 is 0. The van der Waals surface area contributed by atoms with Gasteiger partial charge in [-0.25, -0.2) is 4.79 Å². The van der Waals surface area contributed by atoms with E-state index in [0.717, 1.165) is 6.08 Å². The Morgan fingerprint density at radius 1 is 1.71 bits per heavy atom. The molecular weight excluding hydrogens is 115 g/mol. The molecule has 0 atom stereocenters. The van der Waals surface area contributed by atoms with Crippen LogP contribution in [0, 0.1) is 0 Å². The molecule has 0 radical (unpaired) electrons. The molecule has 0 aromatic rings. The van der Waals surface area contributed by atoms with Crippen molar-refractivity contribution in [2.24, 2.45) is 0 Å². The summed E-state index contributed by atoms with van der Waals surface area (Å²) >= 11 is 0. The second-order valence-electron chi connectivity index (χ2n) is 0.838. The molecule has 42 valence electrons. The van der Waals surface area contributed by atoms with Crippen LogP contribution >= 0.6 is 12.4 Å². The van der Waals surface area contributed by atoms with Gasteiger partial charge in [-0.15, -0.1) is 12.4 Å². The molecule has 0 unspecified atom stereocenters. The van der Waals surface area contributed by atoms with Crippen LogP contribution in [0.4, 0.5) is 0 Å². The molecule has 0 fully saturated rings. The van der Waals surface area contributed by atoms with Crippen molar-refractivity contribution in [3.8, 4) is 0 Å². The Balaban J connectivity index is 0. The summed E-state index contributed by atoms with van der Waals surface area (Å²) in [6.45, 7) is 1.66. The van der Waals surface area contributed by atoms with Crippen LogP contribution in [0.1, 0.15) is 6.92 Å². The van der Waals surface area contributed by atoms with Crippen LogP contribution in [-0.4, -0.2) is 11.1 Å². The van der Waals surface area contributed by atoms with Crippen molar-refractivity contribution in [1.82, 2.24) is 0 Å². The van der Waals surface area contributed by atoms with Crippen LogP contribution in [0.5, 0.6) is 0 Å². The first-order valence-corrected chi connectivity index (χ1v) is 1.63. The molecule has 0 heterocycles. The minimum Gasteiger partial charge on any atom is -0.478 e. The van der Waals surface area contributed by atoms with Gasteiger partial charge in [0.05, 0.1) is 0 Å². The van der Waals surface area contributed by atoms with Gasteiger partial charge in [0.2, 0.25) is 0 Å². The fourth-order valence-electron chi connectivity index (χ4n) is 0.143. The third-order valence-electron chi connectivity index (χ3n) is 0.309. The van der Waals surface area contributed by atoms with Crippen molar-refractivity contribution in [3.63, 3.8) is 0 Å². The predicted octanol–water partition coefficient (Wildman–Crippen LogP) is 1.07. The van der Waals surface area contributed by atoms with Crippen molar-refractivity contribution >= 4 is 18.4 Å². The van der Waals surface area contributed by atoms with E-state index in [2.05, 4.69) is 0 Å². The Morgan fingerprint density at radius 2 is 2.14 bits per heavy atom. The molecule has 2 nitrogen and oxygen atoms in total. The van der Waals surface area contributed by atoms with Gasteiger partial charge in [0.25, 0.3) is 0 Å². The van der Waals surface area contributed by atoms with Gasteiger partial charge >= 0.3 is 5.97 Å². The van der Waals surface area contributed by atoms with Gasteiger partial charge in [-0.2, -0.15) is 0 Å². The Hall–Kier alpha value is -0.500. The number of carboxylic acids is 1. The smallest absolute Gasteiger partial charge is 0.327 e. The van der Waals surface area contributed by atoms with E-state index in [4.69, 9.17) is 5.11 Å². The summed E-state index contributed by atoms with van der Waals surface area (Å²) in [6.07, 6.45) is 2.56. The summed E-state index contributed by atoms with van der Waals surface area (Å²) in [5.74, 6) is -0.891. The normalized spacial score (nSPS) is 8.14. The quantitative estimate of drug-likeness (QED) is 0.529. The van der Waals surface area contributed by atoms with E-state index in [1.54, 1.807) is 6.92 Å². The molecule has 0 aromatic heterocycles. The second-order valence-corrected chi connectivity index (χ2v) is 0.838. The molecule has 0 saturated heterocycles. The molecule has 0 amide bonds. The van der Waals surface area contributed by atoms with Gasteiger partial charge in [0.1, 0.15) is 0 Å². The molecule has 0 aliphatic carbocycles. The summed E-state index contributed by atoms with van der Waals surface area (Å²) in [5, 5.41) is 7.83. The summed E-state index contributed by atoms with van der Waals surface area (Å²) in [5.41, 5.74) is 0. The molecule has 0 spiro atoms. The summed E-state index contributed by atoms with van der Waals surface area (Å²) in [7, 11) is 0. The molecule has 1 N–H and O–H groups in total. The summed E-state index contributed by atoms with van der Waals surface area (Å²) in [6, 6.07) is 0. The first-order chi connectivity index (χ1) is 2.77. The lowest BCUT2D eigenvalue weighted by Gasteiger charge is -1.68. The Kier molecular flexibility index (Phi) is 7.63. The average Bonchev–Trinajstić information content (AvgIpc) is 1.35. The average molecular weight is 123 g/mol. The van der Waals surface area contributed by atoms with Crippen LogP contribution in [0.25, 0.3) is 0 Å². The maximum Gasteiger partial charge on any atom is 0.327 e. The van der Waals surface area contributed by atoms with E-state index in [0.29, 0.717) is 0 Å². The molecule has 0 aromatic carbocycles. The first kappa shape index (κ1) is 9.71. The number of halogens is 1. The highest BCUT2D eigenvalue weighted by atomic mass is 35.5. The van der Waals surface area contributed by atoms with Gasteiger partial charge in [-0.05, 0) is 6.92 Å². The van der Waals surface area contributed by atoms with Gasteiger partial charge in [-0.1, -0.05) is 6.08 Å². The third kappa shape index (κ3) is 10.8. The highest BCUT2D eigenvalue weighted by Crippen LogP contribution is 1.65. The Morgan fingerprint density at radius 3 is 2.14 bits per heavy atom. The van der Waals surface area contributed by atoms with Crippen molar-refractivity contribution in [3.05, 3.63) is 12.2 Å². The fourth-order valence-corrected chi connectivity index (χ4v) is 0.143. The van der Waals surface area contributed by atoms with Crippen molar-refractivity contribution in [1.29, 1.82) is 0 Å². The van der Waals surface area contributed by atoms with E-state index in [-0.39, 0.29) is 12.4 Å². The molecule has 0 saturated carbocycles. The molecule has 7 heavy (non-hydrogen) atoms. The van der Waals surface area contributed by atoms with Gasteiger partial charge in [0, 0.05) is 6.08 Å². The SMILES string of the molecule is C/C=C\C(=O)O.Cl. The molecular formula is C4H7ClO2. The number of rotatable bonds is 1. The zero-order valence-electron chi connectivity index (χ0n) is 3.92. The lowest BCUT2D eigenvalue weighted by atomic mass is 10.5. The maximum atomic E-state index is 9.51. The number of aliphatic carboxylic acids is 1. The predicted molar refractivity (Wildman–Crippen MR) is 29.7 cm³/mol. The van der Waals surface area contributed by atoms with E-state index < -0.39 is 5.97 Å². The van der Waals surface area contributed by atoms with Crippen LogP contribution in [0.3, 0.4) is 0 Å². The third-order valence-corrected chi connectivity index (χ3v) is 0.309. The first-order valence-electron chi connectivity index (χ1n) is 1.63. The topological polar surface area (TPSA) is 37.3 Å². The van der Waals surface area contributed by atoms with E-state index >= 15 is 0 Å². The standard InChI is InChI=1S/C4H6O2.ClH/c1-2-3-4(5)6;/h2-3H,1H3,(H,5,6);1H/b3-2-;. The second kappa shape index (κ2) is 5.50. The van der Waals surface area contributed by atoms with Gasteiger partial charge < -0.3 is 5.11 Å². The van der Waals surface area contributed by atoms with E-state index in [9.17, 15) is 4.79 Å². The van der Waals surface area contributed by atoms with Gasteiger partial charge in [0.15, 0.2) is 0 Å². The molecule has 0 aliphatic heterocycles. The zero-order valence-corrected chi connectivity index (χ0v) is 4.73. The molecule has 0 rings (SSSR count). The van der Waals surface area contributed by atoms with Crippen LogP contribution in [0.15, 0.2) is 12.2 Å². The van der Waals surface area contributed by atoms with Crippen molar-refractivity contribution in [2.75, 3.05) is 0 Å². The highest BCUT2D eigenvalue weighted by Gasteiger charge is 1.76. The fraction of sp³-hybridized carbons (Fsp3) is 0.250. The Labute approximate surface area is 48.3 Å². The lowest BCUT2D eigenvalue weighted by Crippen LogP contribution is -1.83. The zero-order chi connectivity index (χ0) is 4.99. The van der Waals surface area contributed by atoms with E-state index in [1.807, 2.05) is 0 Å². The van der Waals surface area contributed by atoms with E-state index in [1.165, 1.54) is 6.08 Å². The number of allylic oxidation sites excluding steroid dienone is 1. The molecule has 3 heteroatoms. The van der Waals surface area contributed by atoms with Crippen molar-refractivity contribution in [2.45, 2.75) is 6.92 Å². The lowest BCUT2D eigenvalue weighted by molar-refractivity contribution is -0.131. The number of carbonyl (C=O) groups is 1. The van der Waals surface area contributed by atoms with Gasteiger partial charge in [-0.3, -0.25) is 0 Å². The molecule has 0 bridgehead atoms. The van der Waals surface area contributed by atoms with Crippen LogP contribution in [-0.2, 0) is 4.79 Å². The number of carboxylic acid groups (broad SMARTS) is 1. The maximum absolute atomic E-state index is 9.51.